The van der Waals surface area contributed by atoms with Gasteiger partial charge in [-0.15, -0.1) is 0 Å². The van der Waals surface area contributed by atoms with E-state index >= 15 is 0 Å². The summed E-state index contributed by atoms with van der Waals surface area (Å²) in [4.78, 5) is 143. The van der Waals surface area contributed by atoms with Crippen molar-refractivity contribution in [1.82, 2.24) is 10.6 Å². The predicted molar refractivity (Wildman–Crippen MR) is 268 cm³/mol. The highest BCUT2D eigenvalue weighted by atomic mass is 17.2. The van der Waals surface area contributed by atoms with Crippen molar-refractivity contribution in [2.24, 2.45) is 81.8 Å². The highest BCUT2D eigenvalue weighted by molar-refractivity contribution is 6.09. The minimum atomic E-state index is -1.86. The number of carbonyl (C=O) groups excluding carboxylic acids is 5. The Morgan fingerprint density at radius 2 is 0.892 bits per heavy atom. The molecule has 15 unspecified atom stereocenters. The number of carboxylic acids is 6. The van der Waals surface area contributed by atoms with Crippen LogP contribution in [0.3, 0.4) is 0 Å². The molecule has 0 aromatic carbocycles. The number of nitrogens with two attached hydrogens (primary N) is 3. The van der Waals surface area contributed by atoms with Gasteiger partial charge in [0.25, 0.3) is 5.91 Å². The first-order chi connectivity index (χ1) is 38.4. The maximum atomic E-state index is 12.0. The van der Waals surface area contributed by atoms with Gasteiger partial charge in [-0.05, 0) is 70.1 Å². The molecular weight excluding hydrogens is 1120 g/mol. The average molecular weight is 1200 g/mol. The lowest BCUT2D eigenvalue weighted by molar-refractivity contribution is -0.281. The van der Waals surface area contributed by atoms with E-state index in [2.05, 4.69) is 27.0 Å². The first-order valence-electron chi connectivity index (χ1n) is 25.5. The Morgan fingerprint density at radius 1 is 0.542 bits per heavy atom. The van der Waals surface area contributed by atoms with Crippen LogP contribution in [-0.2, 0) is 81.8 Å². The van der Waals surface area contributed by atoms with Crippen LogP contribution in [0.2, 0.25) is 0 Å². The maximum absolute atomic E-state index is 12.0. The summed E-state index contributed by atoms with van der Waals surface area (Å²) < 4.78 is 9.57. The number of rotatable bonds is 17. The smallest absolute Gasteiger partial charge is 0.481 e. The molecule has 470 valence electrons. The summed E-state index contributed by atoms with van der Waals surface area (Å²) in [5.41, 5.74) is 9.89. The van der Waals surface area contributed by atoms with E-state index in [1.165, 1.54) is 28.4 Å². The molecular formula is C49H76N5O29+. The van der Waals surface area contributed by atoms with Gasteiger partial charge in [-0.2, -0.15) is 0 Å². The van der Waals surface area contributed by atoms with Gasteiger partial charge in [0.05, 0.1) is 83.5 Å². The zero-order chi connectivity index (χ0) is 63.5. The summed E-state index contributed by atoms with van der Waals surface area (Å²) in [6.45, 7) is 4.14. The summed E-state index contributed by atoms with van der Waals surface area (Å²) >= 11 is 0. The molecule has 0 aromatic heterocycles. The minimum Gasteiger partial charge on any atom is -0.481 e. The molecule has 1 saturated heterocycles. The molecule has 34 heteroatoms. The number of aliphatic hydroxyl groups is 6. The third kappa shape index (κ3) is 16.9. The van der Waals surface area contributed by atoms with Crippen LogP contribution >= 0.6 is 0 Å². The monoisotopic (exact) mass is 1200 g/mol. The number of carbonyl (C=O) groups is 11. The van der Waals surface area contributed by atoms with E-state index in [-0.39, 0.29) is 107 Å². The fourth-order valence-electron chi connectivity index (χ4n) is 12.1. The number of ketones is 2. The number of esters is 2. The molecule has 0 bridgehead atoms. The van der Waals surface area contributed by atoms with Crippen LogP contribution in [0.25, 0.3) is 0 Å². The van der Waals surface area contributed by atoms with Crippen molar-refractivity contribution < 1.29 is 144 Å². The third-order valence-corrected chi connectivity index (χ3v) is 16.4. The molecule has 1 aliphatic heterocycles. The van der Waals surface area contributed by atoms with Crippen molar-refractivity contribution >= 4 is 65.2 Å². The Labute approximate surface area is 473 Å². The van der Waals surface area contributed by atoms with Crippen molar-refractivity contribution in [1.29, 1.82) is 0 Å². The van der Waals surface area contributed by atoms with Crippen molar-refractivity contribution in [2.75, 3.05) is 41.7 Å². The molecule has 34 nitrogen and oxygen atoms in total. The quantitative estimate of drug-likeness (QED) is 0.0213. The van der Waals surface area contributed by atoms with Gasteiger partial charge in [0, 0.05) is 35.5 Å². The Bertz CT molecular complexity index is 2240. The zero-order valence-corrected chi connectivity index (χ0v) is 45.7. The lowest BCUT2D eigenvalue weighted by Crippen LogP contribution is -2.46. The number of aliphatic carboxylic acids is 6. The van der Waals surface area contributed by atoms with Crippen LogP contribution in [0.5, 0.6) is 0 Å². The number of Topliss-reactive ketones (excluding diaryl/α,β-unsaturated/α-hetero) is 2. The molecule has 15 atom stereocenters. The SMILES string of the molecule is C=C1NC(=O)C2(CC(COOC)C(C(=O)OC)C2)N1.COOCC1CC2(CC(=O)CC2=O)CC1C(=O)OC.NC1(C(=O)O)CC(C(=O)O)C(C(O)O)C1.NC1(C(=O)O)CC(C(=O)O)C(C(O)O)C1.NC1(C(=O)O)CC(C(=O)O)C(C(O)O)C1.[H+]. The standard InChI is InChI=1S/C13H18O6.C12H18N2O5.3C8H13NO6/c1-17-12(16)10-6-13(4-8(10)7-19-18-2)5-9(14)3-11(13)15;1-7-13-11(16)12(14-7)4-8(6-19-18-3)9(5-12)10(15)17-2;3*9-8(7(14)15)1-3(5(10)11)4(2-8)6(12)13/h8,10H,3-7H2,1-2H3;8-9,14H,1,4-6H2,2-3H3,(H,13,16);3*3-5,10-11H,1-2,9H2,(H,12,13)(H,14,15)/p+1. The van der Waals surface area contributed by atoms with E-state index in [9.17, 15) is 52.7 Å². The second kappa shape index (κ2) is 28.9. The summed E-state index contributed by atoms with van der Waals surface area (Å²) in [6.07, 6.45) is -5.30. The fraction of sp³-hybridized carbons (Fsp3) is 0.735. The first kappa shape index (κ1) is 70.9. The largest absolute Gasteiger partial charge is 1.00 e. The summed E-state index contributed by atoms with van der Waals surface area (Å²) in [7, 11) is 5.45. The second-order valence-electron chi connectivity index (χ2n) is 21.9. The molecule has 6 saturated carbocycles. The van der Waals surface area contributed by atoms with Crippen LogP contribution in [-0.4, -0.2) is 209 Å². The van der Waals surface area contributed by atoms with Crippen LogP contribution in [0.4, 0.5) is 0 Å². The van der Waals surface area contributed by atoms with E-state index < -0.39 is 130 Å². The van der Waals surface area contributed by atoms with Gasteiger partial charge in [0.2, 0.25) is 0 Å². The van der Waals surface area contributed by atoms with Gasteiger partial charge in [-0.25, -0.2) is 19.6 Å². The van der Waals surface area contributed by atoms with Crippen LogP contribution in [0.15, 0.2) is 12.4 Å². The predicted octanol–water partition coefficient (Wildman–Crippen LogP) is -4.94. The number of aliphatic hydroxyl groups excluding tert-OH is 3. The fourth-order valence-corrected chi connectivity index (χ4v) is 12.1. The van der Waals surface area contributed by atoms with Gasteiger partial charge in [0.15, 0.2) is 18.9 Å². The Hall–Kier alpha value is -6.41. The Balaban J connectivity index is 0.000000359. The van der Waals surface area contributed by atoms with Gasteiger partial charge in [-0.1, -0.05) is 6.58 Å². The van der Waals surface area contributed by atoms with Crippen molar-refractivity contribution in [3.05, 3.63) is 12.4 Å². The molecule has 7 rings (SSSR count). The number of ether oxygens (including phenoxy) is 2. The molecule has 7 aliphatic rings. The van der Waals surface area contributed by atoms with Crippen LogP contribution in [0.1, 0.15) is 78.5 Å². The molecule has 7 fully saturated rings. The van der Waals surface area contributed by atoms with Gasteiger partial charge in [-0.3, -0.25) is 52.7 Å². The van der Waals surface area contributed by atoms with E-state index in [1.807, 2.05) is 0 Å². The molecule has 20 N–H and O–H groups in total. The third-order valence-electron chi connectivity index (χ3n) is 16.4. The van der Waals surface area contributed by atoms with Gasteiger partial charge in [0.1, 0.15) is 33.7 Å². The topological polar surface area (TPSA) is 588 Å². The van der Waals surface area contributed by atoms with Crippen LogP contribution in [0, 0.1) is 64.6 Å². The highest BCUT2D eigenvalue weighted by Gasteiger charge is 2.59. The first-order valence-corrected chi connectivity index (χ1v) is 25.5. The van der Waals surface area contributed by atoms with E-state index in [0.29, 0.717) is 31.5 Å². The maximum Gasteiger partial charge on any atom is 1.00 e. The van der Waals surface area contributed by atoms with Gasteiger partial charge < -0.3 is 98.6 Å². The molecule has 1 heterocycles. The molecule has 2 spiro atoms. The number of hydrogen-bond acceptors (Lipinski definition) is 27. The van der Waals surface area contributed by atoms with Crippen molar-refractivity contribution in [3.63, 3.8) is 0 Å². The lowest BCUT2D eigenvalue weighted by atomic mass is 9.82. The number of nitrogens with one attached hydrogen (secondary N) is 2. The van der Waals surface area contributed by atoms with Crippen LogP contribution < -0.4 is 27.8 Å². The lowest BCUT2D eigenvalue weighted by Gasteiger charge is -2.20. The number of carboxylic acid groups (broad SMARTS) is 6. The molecule has 1 amide bonds. The zero-order valence-electron chi connectivity index (χ0n) is 46.7. The minimum absolute atomic E-state index is 0. The summed E-state index contributed by atoms with van der Waals surface area (Å²) in [6, 6.07) is 0. The number of hydrogen-bond donors (Lipinski definition) is 17. The second-order valence-corrected chi connectivity index (χ2v) is 21.9. The molecule has 0 radical (unpaired) electrons. The number of methoxy groups -OCH3 is 2. The van der Waals surface area contributed by atoms with E-state index in [0.717, 1.165) is 0 Å². The van der Waals surface area contributed by atoms with Crippen molar-refractivity contribution in [3.8, 4) is 0 Å². The van der Waals surface area contributed by atoms with E-state index in [1.54, 1.807) is 0 Å². The number of amides is 1. The molecule has 0 aromatic rings. The van der Waals surface area contributed by atoms with E-state index in [4.69, 9.17) is 97.7 Å². The van der Waals surface area contributed by atoms with Gasteiger partial charge >= 0.3 is 49.2 Å². The van der Waals surface area contributed by atoms with Crippen molar-refractivity contribution in [2.45, 2.75) is 118 Å². The normalized spacial score (nSPS) is 34.8. The summed E-state index contributed by atoms with van der Waals surface area (Å²) in [5, 5.41) is 112. The average Bonchev–Trinajstić information content (AvgIpc) is 4.49. The Kier molecular flexibility index (Phi) is 24.7. The Morgan fingerprint density at radius 3 is 1.14 bits per heavy atom. The summed E-state index contributed by atoms with van der Waals surface area (Å²) in [5.74, 6) is -15.9. The molecule has 83 heavy (non-hydrogen) atoms. The highest BCUT2D eigenvalue weighted by Crippen LogP contribution is 2.53. The molecule has 6 aliphatic carbocycles.